The lowest BCUT2D eigenvalue weighted by molar-refractivity contribution is -0.158. The predicted molar refractivity (Wildman–Crippen MR) is 49.9 cm³/mol. The number of thiocarbonyl (C=S) groups is 1. The summed E-state index contributed by atoms with van der Waals surface area (Å²) in [7, 11) is 1.85. The highest BCUT2D eigenvalue weighted by atomic mass is 32.1. The molecule has 0 bridgehead atoms. The first-order chi connectivity index (χ1) is 5.64. The zero-order chi connectivity index (χ0) is 8.77. The highest BCUT2D eigenvalue weighted by Crippen LogP contribution is 2.39. The topological polar surface area (TPSA) is 32.3 Å². The van der Waals surface area contributed by atoms with Gasteiger partial charge in [0.1, 0.15) is 0 Å². The first-order valence-corrected chi connectivity index (χ1v) is 4.57. The Labute approximate surface area is 77.1 Å². The molecule has 0 aromatic heterocycles. The van der Waals surface area contributed by atoms with Gasteiger partial charge in [0, 0.05) is 26.6 Å². The van der Waals surface area contributed by atoms with E-state index in [9.17, 15) is 4.79 Å². The second kappa shape index (κ2) is 2.42. The number of β-lactam (4-membered cyclic amide) rings is 1. The van der Waals surface area contributed by atoms with Crippen molar-refractivity contribution in [1.29, 1.82) is 0 Å². The molecule has 2 aliphatic heterocycles. The third-order valence-electron chi connectivity index (χ3n) is 2.76. The molecule has 2 aliphatic rings. The largest absolute Gasteiger partial charge is 0.380 e. The first kappa shape index (κ1) is 7.98. The van der Waals surface area contributed by atoms with Crippen molar-refractivity contribution >= 4 is 23.1 Å². The van der Waals surface area contributed by atoms with Crippen molar-refractivity contribution in [2.75, 3.05) is 20.1 Å². The normalized spacial score (nSPS) is 34.9. The smallest absolute Gasteiger partial charge is 0.230 e. The Hall–Kier alpha value is -0.640. The van der Waals surface area contributed by atoms with E-state index in [1.54, 1.807) is 4.90 Å². The molecule has 0 radical (unpaired) electrons. The van der Waals surface area contributed by atoms with Gasteiger partial charge in [-0.05, 0) is 6.42 Å². The van der Waals surface area contributed by atoms with E-state index < -0.39 is 0 Å². The molecular formula is C8H12N2OS. The van der Waals surface area contributed by atoms with Gasteiger partial charge in [-0.2, -0.15) is 0 Å². The summed E-state index contributed by atoms with van der Waals surface area (Å²) in [6, 6.07) is 0. The van der Waals surface area contributed by atoms with Crippen molar-refractivity contribution in [2.24, 2.45) is 5.41 Å². The van der Waals surface area contributed by atoms with Crippen LogP contribution in [0.25, 0.3) is 0 Å². The Morgan fingerprint density at radius 2 is 2.42 bits per heavy atom. The van der Waals surface area contributed by atoms with Crippen LogP contribution in [0.4, 0.5) is 0 Å². The SMILES string of the molecule is CN1CC2(CCNC(=S)C2)C1=O. The number of amides is 1. The number of piperidine rings is 1. The average Bonchev–Trinajstić information content (AvgIpc) is 2.04. The average molecular weight is 184 g/mol. The summed E-state index contributed by atoms with van der Waals surface area (Å²) in [5.41, 5.74) is -0.114. The van der Waals surface area contributed by atoms with Crippen LogP contribution in [-0.4, -0.2) is 35.9 Å². The number of nitrogens with one attached hydrogen (secondary N) is 1. The fourth-order valence-corrected chi connectivity index (χ4v) is 2.50. The third kappa shape index (κ3) is 0.941. The van der Waals surface area contributed by atoms with E-state index in [1.807, 2.05) is 7.05 Å². The van der Waals surface area contributed by atoms with Crippen molar-refractivity contribution in [2.45, 2.75) is 12.8 Å². The van der Waals surface area contributed by atoms with Gasteiger partial charge in [-0.3, -0.25) is 4.79 Å². The van der Waals surface area contributed by atoms with E-state index >= 15 is 0 Å². The van der Waals surface area contributed by atoms with E-state index in [-0.39, 0.29) is 11.3 Å². The molecule has 2 fully saturated rings. The molecule has 1 amide bonds. The molecule has 12 heavy (non-hydrogen) atoms. The lowest BCUT2D eigenvalue weighted by Crippen LogP contribution is -2.63. The monoisotopic (exact) mass is 184 g/mol. The Morgan fingerprint density at radius 3 is 2.92 bits per heavy atom. The molecule has 3 nitrogen and oxygen atoms in total. The fraction of sp³-hybridized carbons (Fsp3) is 0.750. The molecule has 1 unspecified atom stereocenters. The van der Waals surface area contributed by atoms with Gasteiger partial charge >= 0.3 is 0 Å². The maximum Gasteiger partial charge on any atom is 0.230 e. The van der Waals surface area contributed by atoms with Crippen LogP contribution in [0.3, 0.4) is 0 Å². The minimum Gasteiger partial charge on any atom is -0.380 e. The van der Waals surface area contributed by atoms with E-state index in [1.165, 1.54) is 0 Å². The van der Waals surface area contributed by atoms with E-state index in [0.29, 0.717) is 0 Å². The molecule has 66 valence electrons. The highest BCUT2D eigenvalue weighted by molar-refractivity contribution is 7.80. The molecule has 0 saturated carbocycles. The lowest BCUT2D eigenvalue weighted by Gasteiger charge is -2.49. The van der Waals surface area contributed by atoms with Crippen molar-refractivity contribution in [3.63, 3.8) is 0 Å². The van der Waals surface area contributed by atoms with Gasteiger partial charge in [-0.1, -0.05) is 12.2 Å². The summed E-state index contributed by atoms with van der Waals surface area (Å²) < 4.78 is 0. The molecular weight excluding hydrogens is 172 g/mol. The summed E-state index contributed by atoms with van der Waals surface area (Å²) in [6.45, 7) is 1.74. The fourth-order valence-electron chi connectivity index (χ4n) is 2.12. The zero-order valence-corrected chi connectivity index (χ0v) is 7.91. The van der Waals surface area contributed by atoms with Crippen LogP contribution in [0.1, 0.15) is 12.8 Å². The molecule has 1 spiro atoms. The van der Waals surface area contributed by atoms with Crippen LogP contribution in [0.5, 0.6) is 0 Å². The third-order valence-corrected chi connectivity index (χ3v) is 3.05. The Balaban J connectivity index is 2.12. The number of hydrogen-bond donors (Lipinski definition) is 1. The molecule has 0 aliphatic carbocycles. The van der Waals surface area contributed by atoms with Gasteiger partial charge in [-0.25, -0.2) is 0 Å². The van der Waals surface area contributed by atoms with Gasteiger partial charge in [0.05, 0.1) is 10.4 Å². The van der Waals surface area contributed by atoms with Gasteiger partial charge < -0.3 is 10.2 Å². The van der Waals surface area contributed by atoms with Crippen LogP contribution >= 0.6 is 12.2 Å². The number of carbonyl (C=O) groups excluding carboxylic acids is 1. The summed E-state index contributed by atoms with van der Waals surface area (Å²) in [5.74, 6) is 0.270. The van der Waals surface area contributed by atoms with Crippen LogP contribution < -0.4 is 5.32 Å². The van der Waals surface area contributed by atoms with E-state index in [2.05, 4.69) is 5.32 Å². The molecule has 2 rings (SSSR count). The first-order valence-electron chi connectivity index (χ1n) is 4.16. The summed E-state index contributed by atoms with van der Waals surface area (Å²) in [6.07, 6.45) is 1.70. The van der Waals surface area contributed by atoms with Crippen LogP contribution in [0.15, 0.2) is 0 Å². The maximum atomic E-state index is 11.5. The van der Waals surface area contributed by atoms with Crippen molar-refractivity contribution in [1.82, 2.24) is 10.2 Å². The lowest BCUT2D eigenvalue weighted by atomic mass is 9.72. The van der Waals surface area contributed by atoms with Gasteiger partial charge in [-0.15, -0.1) is 0 Å². The summed E-state index contributed by atoms with van der Waals surface area (Å²) in [4.78, 5) is 14.1. The van der Waals surface area contributed by atoms with E-state index in [0.717, 1.165) is 30.9 Å². The van der Waals surface area contributed by atoms with Gasteiger partial charge in [0.15, 0.2) is 0 Å². The second-order valence-corrected chi connectivity index (χ2v) is 4.21. The number of likely N-dealkylation sites (tertiary alicyclic amines) is 1. The molecule has 2 heterocycles. The summed E-state index contributed by atoms with van der Waals surface area (Å²) >= 11 is 5.06. The van der Waals surface area contributed by atoms with Crippen LogP contribution in [-0.2, 0) is 4.79 Å². The number of rotatable bonds is 0. The van der Waals surface area contributed by atoms with Crippen molar-refractivity contribution < 1.29 is 4.79 Å². The Kier molecular flexibility index (Phi) is 1.61. The Morgan fingerprint density at radius 1 is 1.67 bits per heavy atom. The number of hydrogen-bond acceptors (Lipinski definition) is 2. The Bertz CT molecular complexity index is 249. The van der Waals surface area contributed by atoms with Gasteiger partial charge in [0.2, 0.25) is 5.91 Å². The maximum absolute atomic E-state index is 11.5. The summed E-state index contributed by atoms with van der Waals surface area (Å²) in [5, 5.41) is 3.10. The molecule has 1 N–H and O–H groups in total. The molecule has 2 saturated heterocycles. The second-order valence-electron chi connectivity index (χ2n) is 3.72. The molecule has 4 heteroatoms. The quantitative estimate of drug-likeness (QED) is 0.430. The zero-order valence-electron chi connectivity index (χ0n) is 7.09. The van der Waals surface area contributed by atoms with Gasteiger partial charge in [0.25, 0.3) is 0 Å². The molecule has 0 aromatic rings. The minimum absolute atomic E-state index is 0.114. The molecule has 0 aromatic carbocycles. The van der Waals surface area contributed by atoms with E-state index in [4.69, 9.17) is 12.2 Å². The van der Waals surface area contributed by atoms with Crippen molar-refractivity contribution in [3.8, 4) is 0 Å². The predicted octanol–water partition coefficient (Wildman–Crippen LogP) is 0.156. The van der Waals surface area contributed by atoms with Crippen LogP contribution in [0, 0.1) is 5.41 Å². The van der Waals surface area contributed by atoms with Crippen molar-refractivity contribution in [3.05, 3.63) is 0 Å². The number of carbonyl (C=O) groups is 1. The van der Waals surface area contributed by atoms with Crippen LogP contribution in [0.2, 0.25) is 0 Å². The minimum atomic E-state index is -0.114. The number of nitrogens with zero attached hydrogens (tertiary/aromatic N) is 1. The highest BCUT2D eigenvalue weighted by Gasteiger charge is 2.51. The standard InChI is InChI=1S/C8H12N2OS/c1-10-5-8(7(10)11)2-3-9-6(12)4-8/h2-5H2,1H3,(H,9,12). The molecule has 1 atom stereocenters.